The second kappa shape index (κ2) is 12.0. The molecule has 2 aliphatic carbocycles. The van der Waals surface area contributed by atoms with E-state index in [2.05, 4.69) is 48.5 Å². The first kappa shape index (κ1) is 26.2. The van der Waals surface area contributed by atoms with E-state index in [1.807, 2.05) is 117 Å². The summed E-state index contributed by atoms with van der Waals surface area (Å²) in [6.45, 7) is 3.95. The van der Waals surface area contributed by atoms with Crippen molar-refractivity contribution in [1.82, 2.24) is 15.0 Å². The summed E-state index contributed by atoms with van der Waals surface area (Å²) in [5.74, 6) is 1.48. The quantitative estimate of drug-likeness (QED) is 0.186. The van der Waals surface area contributed by atoms with Crippen molar-refractivity contribution in [3.8, 4) is 67.5 Å². The van der Waals surface area contributed by atoms with Crippen LogP contribution in [0.1, 0.15) is 56.0 Å². The molecule has 3 nitrogen and oxygen atoms in total. The van der Waals surface area contributed by atoms with Gasteiger partial charge in [-0.2, -0.15) is 0 Å². The molecule has 0 bridgehead atoms. The molecule has 1 spiro atoms. The van der Waals surface area contributed by atoms with Gasteiger partial charge < -0.3 is 0 Å². The molecule has 0 radical (unpaired) electrons. The SMILES string of the molecule is [2H]C1([2H])CC(C)(C)CC([2H])([2H])C12c1ccccc1-c1ccc(-c3nc(-c4ccc(-c5ccccc5)cc4)nc(-c4ccc(-c5ccccc5)cc4)n3)cc12. The van der Waals surface area contributed by atoms with E-state index in [9.17, 15) is 5.48 Å². The van der Waals surface area contributed by atoms with Gasteiger partial charge in [0.1, 0.15) is 0 Å². The van der Waals surface area contributed by atoms with Gasteiger partial charge in [0.25, 0.3) is 0 Å². The Balaban J connectivity index is 1.21. The standard InChI is InChI=1S/C47H39N3/c1-46(2)27-29-47(30-28-46)41-16-10-9-15-39(41)40-26-25-38(31-42(40)47)45-49-43(36-21-17-34(18-22-36)32-11-5-3-6-12-32)48-44(50-45)37-23-19-35(20-24-37)33-13-7-4-8-14-33/h3-26,31H,27-30H2,1-2H3/i29D2,30D2. The van der Waals surface area contributed by atoms with Crippen LogP contribution in [0.4, 0.5) is 0 Å². The van der Waals surface area contributed by atoms with Crippen LogP contribution in [0.2, 0.25) is 0 Å². The Morgan fingerprint density at radius 3 is 1.36 bits per heavy atom. The van der Waals surface area contributed by atoms with Crippen LogP contribution < -0.4 is 0 Å². The van der Waals surface area contributed by atoms with Gasteiger partial charge in [0, 0.05) is 27.6 Å². The Bertz CT molecular complexity index is 2390. The summed E-state index contributed by atoms with van der Waals surface area (Å²) in [5, 5.41) is 0. The van der Waals surface area contributed by atoms with Gasteiger partial charge in [-0.3, -0.25) is 0 Å². The second-order valence-electron chi connectivity index (χ2n) is 14.1. The molecule has 6 aromatic carbocycles. The van der Waals surface area contributed by atoms with E-state index in [-0.39, 0.29) is 12.8 Å². The first-order valence-corrected chi connectivity index (χ1v) is 17.3. The number of hydrogen-bond donors (Lipinski definition) is 0. The van der Waals surface area contributed by atoms with Crippen LogP contribution in [-0.2, 0) is 5.41 Å². The van der Waals surface area contributed by atoms with E-state index in [1.165, 1.54) is 0 Å². The van der Waals surface area contributed by atoms with Gasteiger partial charge in [0.15, 0.2) is 17.5 Å². The lowest BCUT2D eigenvalue weighted by Gasteiger charge is -2.43. The number of hydrogen-bond acceptors (Lipinski definition) is 3. The minimum Gasteiger partial charge on any atom is -0.208 e. The Morgan fingerprint density at radius 1 is 0.420 bits per heavy atom. The smallest absolute Gasteiger partial charge is 0.164 e. The maximum Gasteiger partial charge on any atom is 0.164 e. The number of rotatable bonds is 5. The lowest BCUT2D eigenvalue weighted by molar-refractivity contribution is 0.188. The summed E-state index contributed by atoms with van der Waals surface area (Å²) in [7, 11) is 0. The van der Waals surface area contributed by atoms with Gasteiger partial charge in [-0.15, -0.1) is 0 Å². The largest absolute Gasteiger partial charge is 0.208 e. The predicted molar refractivity (Wildman–Crippen MR) is 205 cm³/mol. The van der Waals surface area contributed by atoms with E-state index in [0.29, 0.717) is 34.2 Å². The summed E-state index contributed by atoms with van der Waals surface area (Å²) >= 11 is 0. The van der Waals surface area contributed by atoms with E-state index in [0.717, 1.165) is 44.5 Å². The molecule has 1 heterocycles. The normalized spacial score (nSPS) is 18.6. The van der Waals surface area contributed by atoms with E-state index in [4.69, 9.17) is 15.0 Å². The third kappa shape index (κ3) is 5.34. The van der Waals surface area contributed by atoms with Gasteiger partial charge in [-0.05, 0) is 81.6 Å². The van der Waals surface area contributed by atoms with Gasteiger partial charge in [-0.25, -0.2) is 15.0 Å². The lowest BCUT2D eigenvalue weighted by atomic mass is 9.61. The zero-order valence-electron chi connectivity index (χ0n) is 32.2. The molecule has 0 atom stereocenters. The average molecular weight is 650 g/mol. The van der Waals surface area contributed by atoms with Gasteiger partial charge in [-0.1, -0.05) is 159 Å². The summed E-state index contributed by atoms with van der Waals surface area (Å²) in [6, 6.07) is 50.6. The fraction of sp³-hybridized carbons (Fsp3) is 0.170. The van der Waals surface area contributed by atoms with E-state index in [1.54, 1.807) is 0 Å². The molecule has 242 valence electrons. The van der Waals surface area contributed by atoms with Crippen molar-refractivity contribution in [2.24, 2.45) is 5.41 Å². The van der Waals surface area contributed by atoms with Crippen LogP contribution in [0.3, 0.4) is 0 Å². The van der Waals surface area contributed by atoms with E-state index >= 15 is 0 Å². The third-order valence-electron chi connectivity index (χ3n) is 10.1. The molecule has 0 aliphatic heterocycles. The van der Waals surface area contributed by atoms with Crippen molar-refractivity contribution in [2.75, 3.05) is 0 Å². The van der Waals surface area contributed by atoms with E-state index < -0.39 is 23.6 Å². The minimum absolute atomic E-state index is 0.232. The molecule has 2 aliphatic rings. The molecular weight excluding hydrogens is 607 g/mol. The predicted octanol–water partition coefficient (Wildman–Crippen LogP) is 12.1. The van der Waals surface area contributed by atoms with Crippen LogP contribution >= 0.6 is 0 Å². The fourth-order valence-electron chi connectivity index (χ4n) is 7.32. The minimum atomic E-state index is -1.88. The Labute approximate surface area is 300 Å². The highest BCUT2D eigenvalue weighted by Gasteiger charge is 2.46. The van der Waals surface area contributed by atoms with Gasteiger partial charge in [0.2, 0.25) is 0 Å². The lowest BCUT2D eigenvalue weighted by Crippen LogP contribution is -2.34. The summed E-state index contributed by atoms with van der Waals surface area (Å²) in [6.07, 6.45) is -3.30. The number of fused-ring (bicyclic) bond motifs is 5. The van der Waals surface area contributed by atoms with Crippen LogP contribution in [0.5, 0.6) is 0 Å². The third-order valence-corrected chi connectivity index (χ3v) is 10.1. The Kier molecular flexibility index (Phi) is 6.31. The fourth-order valence-corrected chi connectivity index (χ4v) is 7.32. The van der Waals surface area contributed by atoms with Crippen LogP contribution in [0, 0.1) is 5.41 Å². The molecular formula is C47H39N3. The summed E-state index contributed by atoms with van der Waals surface area (Å²) < 4.78 is 38.6. The number of benzene rings is 6. The van der Waals surface area contributed by atoms with Crippen molar-refractivity contribution < 1.29 is 5.48 Å². The van der Waals surface area contributed by atoms with Crippen LogP contribution in [0.15, 0.2) is 152 Å². The van der Waals surface area contributed by atoms with Crippen LogP contribution in [0.25, 0.3) is 67.5 Å². The number of nitrogens with zero attached hydrogens (tertiary/aromatic N) is 3. The van der Waals surface area contributed by atoms with Crippen molar-refractivity contribution in [3.63, 3.8) is 0 Å². The highest BCUT2D eigenvalue weighted by Crippen LogP contribution is 2.58. The highest BCUT2D eigenvalue weighted by molar-refractivity contribution is 5.84. The zero-order valence-corrected chi connectivity index (χ0v) is 28.2. The highest BCUT2D eigenvalue weighted by atomic mass is 15.0. The van der Waals surface area contributed by atoms with Gasteiger partial charge >= 0.3 is 0 Å². The molecule has 1 saturated carbocycles. The second-order valence-corrected chi connectivity index (χ2v) is 14.1. The van der Waals surface area contributed by atoms with Crippen LogP contribution in [-0.4, -0.2) is 15.0 Å². The average Bonchev–Trinajstić information content (AvgIpc) is 3.49. The van der Waals surface area contributed by atoms with Crippen molar-refractivity contribution >= 4 is 0 Å². The molecule has 0 unspecified atom stereocenters. The molecule has 0 N–H and O–H groups in total. The molecule has 0 amide bonds. The molecule has 3 heteroatoms. The molecule has 0 saturated heterocycles. The zero-order chi connectivity index (χ0) is 37.3. The first-order valence-electron chi connectivity index (χ1n) is 19.3. The Hall–Kier alpha value is -5.67. The molecule has 1 aromatic heterocycles. The van der Waals surface area contributed by atoms with Gasteiger partial charge in [0.05, 0.1) is 0 Å². The van der Waals surface area contributed by atoms with Crippen molar-refractivity contribution in [1.29, 1.82) is 0 Å². The molecule has 7 aromatic rings. The molecule has 9 rings (SSSR count). The maximum atomic E-state index is 9.66. The topological polar surface area (TPSA) is 38.7 Å². The number of aromatic nitrogens is 3. The van der Waals surface area contributed by atoms with Crippen molar-refractivity contribution in [2.45, 2.75) is 44.8 Å². The maximum absolute atomic E-state index is 9.66. The summed E-state index contributed by atoms with van der Waals surface area (Å²) in [4.78, 5) is 15.1. The monoisotopic (exact) mass is 649 g/mol. The molecule has 1 fully saturated rings. The summed E-state index contributed by atoms with van der Waals surface area (Å²) in [5.41, 5.74) is 7.84. The van der Waals surface area contributed by atoms with Crippen molar-refractivity contribution in [3.05, 3.63) is 163 Å². The Morgan fingerprint density at radius 2 is 0.820 bits per heavy atom. The first-order chi connectivity index (χ1) is 26.0. The molecule has 50 heavy (non-hydrogen) atoms.